The fourth-order valence-electron chi connectivity index (χ4n) is 1.30. The van der Waals surface area contributed by atoms with E-state index in [4.69, 9.17) is 0 Å². The summed E-state index contributed by atoms with van der Waals surface area (Å²) in [7, 11) is 0. The zero-order valence-electron chi connectivity index (χ0n) is 8.03. The molecule has 1 aromatic heterocycles. The molecule has 2 aromatic rings. The SMILES string of the molecule is CCSc1ccc(-c2ncc[nH]2)cc1. The highest BCUT2D eigenvalue weighted by Gasteiger charge is 1.98. The molecule has 0 aliphatic carbocycles. The highest BCUT2D eigenvalue weighted by atomic mass is 32.2. The van der Waals surface area contributed by atoms with Crippen molar-refractivity contribution in [2.45, 2.75) is 11.8 Å². The van der Waals surface area contributed by atoms with E-state index in [0.29, 0.717) is 0 Å². The minimum atomic E-state index is 0.929. The maximum absolute atomic E-state index is 4.20. The molecule has 0 bridgehead atoms. The number of H-pyrrole nitrogens is 1. The molecule has 0 aliphatic rings. The Labute approximate surface area is 87.8 Å². The smallest absolute Gasteiger partial charge is 0.137 e. The average molecular weight is 204 g/mol. The maximum Gasteiger partial charge on any atom is 0.137 e. The van der Waals surface area contributed by atoms with E-state index in [1.807, 2.05) is 18.0 Å². The Kier molecular flexibility index (Phi) is 2.89. The van der Waals surface area contributed by atoms with Crippen molar-refractivity contribution in [2.75, 3.05) is 5.75 Å². The highest BCUT2D eigenvalue weighted by molar-refractivity contribution is 7.99. The minimum Gasteiger partial charge on any atom is -0.345 e. The lowest BCUT2D eigenvalue weighted by atomic mass is 10.2. The van der Waals surface area contributed by atoms with Crippen molar-refractivity contribution in [3.8, 4) is 11.4 Å². The van der Waals surface area contributed by atoms with E-state index >= 15 is 0 Å². The number of imidazole rings is 1. The minimum absolute atomic E-state index is 0.929. The van der Waals surface area contributed by atoms with Gasteiger partial charge in [-0.25, -0.2) is 4.98 Å². The molecular weight excluding hydrogens is 192 g/mol. The van der Waals surface area contributed by atoms with Crippen molar-refractivity contribution in [3.05, 3.63) is 36.7 Å². The van der Waals surface area contributed by atoms with Gasteiger partial charge in [0.2, 0.25) is 0 Å². The Morgan fingerprint density at radius 1 is 1.29 bits per heavy atom. The third-order valence-electron chi connectivity index (χ3n) is 1.94. The zero-order valence-corrected chi connectivity index (χ0v) is 8.84. The van der Waals surface area contributed by atoms with Crippen molar-refractivity contribution in [1.29, 1.82) is 0 Å². The monoisotopic (exact) mass is 204 g/mol. The third kappa shape index (κ3) is 1.99. The first-order valence-electron chi connectivity index (χ1n) is 4.63. The molecule has 1 heterocycles. The van der Waals surface area contributed by atoms with Crippen LogP contribution in [0.1, 0.15) is 6.92 Å². The fourth-order valence-corrected chi connectivity index (χ4v) is 1.96. The number of aromatic amines is 1. The molecule has 1 aromatic carbocycles. The van der Waals surface area contributed by atoms with Crippen molar-refractivity contribution < 1.29 is 0 Å². The van der Waals surface area contributed by atoms with E-state index in [1.165, 1.54) is 4.90 Å². The van der Waals surface area contributed by atoms with Crippen LogP contribution < -0.4 is 0 Å². The van der Waals surface area contributed by atoms with E-state index in [-0.39, 0.29) is 0 Å². The summed E-state index contributed by atoms with van der Waals surface area (Å²) in [6.07, 6.45) is 3.61. The molecule has 14 heavy (non-hydrogen) atoms. The van der Waals surface area contributed by atoms with Crippen LogP contribution in [0.5, 0.6) is 0 Å². The summed E-state index contributed by atoms with van der Waals surface area (Å²) in [4.78, 5) is 8.59. The van der Waals surface area contributed by atoms with Crippen molar-refractivity contribution in [3.63, 3.8) is 0 Å². The van der Waals surface area contributed by atoms with Crippen molar-refractivity contribution in [1.82, 2.24) is 9.97 Å². The molecule has 0 saturated carbocycles. The van der Waals surface area contributed by atoms with E-state index in [9.17, 15) is 0 Å². The number of hydrogen-bond acceptors (Lipinski definition) is 2. The number of nitrogens with zero attached hydrogens (tertiary/aromatic N) is 1. The topological polar surface area (TPSA) is 28.7 Å². The molecule has 0 fully saturated rings. The first kappa shape index (κ1) is 9.34. The van der Waals surface area contributed by atoms with E-state index in [2.05, 4.69) is 41.2 Å². The number of hydrogen-bond donors (Lipinski definition) is 1. The molecular formula is C11H12N2S. The normalized spacial score (nSPS) is 10.4. The van der Waals surface area contributed by atoms with Crippen LogP contribution in [-0.2, 0) is 0 Å². The van der Waals surface area contributed by atoms with Crippen molar-refractivity contribution >= 4 is 11.8 Å². The summed E-state index contributed by atoms with van der Waals surface area (Å²) in [5.41, 5.74) is 1.13. The van der Waals surface area contributed by atoms with Gasteiger partial charge in [0.25, 0.3) is 0 Å². The van der Waals surface area contributed by atoms with E-state index in [1.54, 1.807) is 6.20 Å². The van der Waals surface area contributed by atoms with Gasteiger partial charge in [0.05, 0.1) is 0 Å². The van der Waals surface area contributed by atoms with E-state index < -0.39 is 0 Å². The predicted octanol–water partition coefficient (Wildman–Crippen LogP) is 3.19. The number of nitrogens with one attached hydrogen (secondary N) is 1. The first-order valence-corrected chi connectivity index (χ1v) is 5.61. The van der Waals surface area contributed by atoms with Crippen LogP contribution in [0.2, 0.25) is 0 Å². The molecule has 0 amide bonds. The van der Waals surface area contributed by atoms with Gasteiger partial charge in [-0.1, -0.05) is 19.1 Å². The van der Waals surface area contributed by atoms with Gasteiger partial charge >= 0.3 is 0 Å². The zero-order chi connectivity index (χ0) is 9.80. The van der Waals surface area contributed by atoms with Crippen LogP contribution in [0.15, 0.2) is 41.6 Å². The lowest BCUT2D eigenvalue weighted by Crippen LogP contribution is -1.80. The van der Waals surface area contributed by atoms with Crippen LogP contribution in [0, 0.1) is 0 Å². The second-order valence-electron chi connectivity index (χ2n) is 2.90. The second kappa shape index (κ2) is 4.33. The molecule has 0 aliphatic heterocycles. The molecule has 0 unspecified atom stereocenters. The van der Waals surface area contributed by atoms with E-state index in [0.717, 1.165) is 17.1 Å². The highest BCUT2D eigenvalue weighted by Crippen LogP contribution is 2.21. The fraction of sp³-hybridized carbons (Fsp3) is 0.182. The first-order chi connectivity index (χ1) is 6.90. The standard InChI is InChI=1S/C11H12N2S/c1-2-14-10-5-3-9(4-6-10)11-12-7-8-13-11/h3-8H,2H2,1H3,(H,12,13). The molecule has 0 spiro atoms. The average Bonchev–Trinajstić information content (AvgIpc) is 2.72. The van der Waals surface area contributed by atoms with Crippen LogP contribution in [0.3, 0.4) is 0 Å². The van der Waals surface area contributed by atoms with Gasteiger partial charge < -0.3 is 4.98 Å². The van der Waals surface area contributed by atoms with Gasteiger partial charge in [-0.05, 0) is 17.9 Å². The molecule has 1 N–H and O–H groups in total. The summed E-state index contributed by atoms with van der Waals surface area (Å²) in [6.45, 7) is 2.16. The Bertz CT molecular complexity index is 378. The molecule has 0 atom stereocenters. The molecule has 0 radical (unpaired) electrons. The van der Waals surface area contributed by atoms with Gasteiger partial charge in [0, 0.05) is 22.9 Å². The van der Waals surface area contributed by atoms with Crippen molar-refractivity contribution in [2.24, 2.45) is 0 Å². The number of benzene rings is 1. The van der Waals surface area contributed by atoms with Gasteiger partial charge in [0.15, 0.2) is 0 Å². The summed E-state index contributed by atoms with van der Waals surface area (Å²) in [6, 6.07) is 8.45. The summed E-state index contributed by atoms with van der Waals surface area (Å²) < 4.78 is 0. The maximum atomic E-state index is 4.20. The largest absolute Gasteiger partial charge is 0.345 e. The molecule has 72 valence electrons. The van der Waals surface area contributed by atoms with Gasteiger partial charge in [-0.2, -0.15) is 0 Å². The number of rotatable bonds is 3. The lowest BCUT2D eigenvalue weighted by Gasteiger charge is -1.99. The second-order valence-corrected chi connectivity index (χ2v) is 4.23. The van der Waals surface area contributed by atoms with Crippen LogP contribution >= 0.6 is 11.8 Å². The number of aromatic nitrogens is 2. The summed E-state index contributed by atoms with van der Waals surface area (Å²) in [5.74, 6) is 2.04. The Hall–Kier alpha value is -1.22. The molecule has 3 heteroatoms. The molecule has 2 rings (SSSR count). The third-order valence-corrected chi connectivity index (χ3v) is 2.83. The predicted molar refractivity (Wildman–Crippen MR) is 60.4 cm³/mol. The Balaban J connectivity index is 2.22. The van der Waals surface area contributed by atoms with Crippen LogP contribution in [-0.4, -0.2) is 15.7 Å². The van der Waals surface area contributed by atoms with Crippen LogP contribution in [0.4, 0.5) is 0 Å². The number of thioether (sulfide) groups is 1. The Morgan fingerprint density at radius 2 is 2.07 bits per heavy atom. The summed E-state index contributed by atoms with van der Waals surface area (Å²) in [5, 5.41) is 0. The van der Waals surface area contributed by atoms with Gasteiger partial charge in [-0.3, -0.25) is 0 Å². The van der Waals surface area contributed by atoms with Gasteiger partial charge in [0.1, 0.15) is 5.82 Å². The summed E-state index contributed by atoms with van der Waals surface area (Å²) >= 11 is 1.85. The quantitative estimate of drug-likeness (QED) is 0.778. The van der Waals surface area contributed by atoms with Gasteiger partial charge in [-0.15, -0.1) is 11.8 Å². The molecule has 2 nitrogen and oxygen atoms in total. The Morgan fingerprint density at radius 3 is 2.64 bits per heavy atom. The van der Waals surface area contributed by atoms with Crippen LogP contribution in [0.25, 0.3) is 11.4 Å². The molecule has 0 saturated heterocycles. The lowest BCUT2D eigenvalue weighted by molar-refractivity contribution is 1.30.